The molecule has 3 aliphatic rings. The van der Waals surface area contributed by atoms with Gasteiger partial charge in [0, 0.05) is 103 Å². The smallest absolute Gasteiger partial charge is 0.410 e. The molecular weight excluding hydrogens is 1320 g/mol. The number of nitrogens with one attached hydrogen (secondary N) is 5. The topological polar surface area (TPSA) is 366 Å². The summed E-state index contributed by atoms with van der Waals surface area (Å²) in [6.07, 6.45) is 4.13. The Bertz CT molecular complexity index is 3310. The van der Waals surface area contributed by atoms with Gasteiger partial charge in [-0.25, -0.2) is 18.0 Å². The number of hydrogen-bond acceptors (Lipinski definition) is 17. The molecule has 2 aromatic rings. The summed E-state index contributed by atoms with van der Waals surface area (Å²) in [5, 5.41) is 10.3. The average molecular weight is 1430 g/mol. The maximum absolute atomic E-state index is 15.0. The van der Waals surface area contributed by atoms with E-state index in [9.17, 15) is 66.0 Å². The Morgan fingerprint density at radius 3 is 1.93 bits per heavy atom. The second kappa shape index (κ2) is 39.9. The van der Waals surface area contributed by atoms with Crippen LogP contribution in [-0.2, 0) is 85.2 Å². The second-order valence-electron chi connectivity index (χ2n) is 28.2. The van der Waals surface area contributed by atoms with Crippen LogP contribution in [0.5, 0.6) is 0 Å². The Balaban J connectivity index is 1.19. The van der Waals surface area contributed by atoms with Crippen molar-refractivity contribution >= 4 is 86.7 Å². The second-order valence-corrected chi connectivity index (χ2v) is 30.1. The molecule has 560 valence electrons. The van der Waals surface area contributed by atoms with Crippen LogP contribution in [0.4, 0.5) is 15.3 Å². The highest BCUT2D eigenvalue weighted by molar-refractivity contribution is 7.91. The maximum Gasteiger partial charge on any atom is 0.410 e. The van der Waals surface area contributed by atoms with Crippen LogP contribution in [0.3, 0.4) is 0 Å². The van der Waals surface area contributed by atoms with E-state index in [0.717, 1.165) is 4.90 Å². The van der Waals surface area contributed by atoms with Gasteiger partial charge in [-0.3, -0.25) is 57.6 Å². The molecule has 0 aromatic heterocycles. The molecule has 0 spiro atoms. The van der Waals surface area contributed by atoms with Gasteiger partial charge in [0.25, 0.3) is 17.7 Å². The summed E-state index contributed by atoms with van der Waals surface area (Å²) in [5.41, 5.74) is 6.88. The number of likely N-dealkylation sites (tertiary alicyclic amines) is 1. The molecule has 28 heteroatoms. The van der Waals surface area contributed by atoms with Crippen LogP contribution in [0.2, 0.25) is 0 Å². The van der Waals surface area contributed by atoms with Crippen molar-refractivity contribution in [2.75, 3.05) is 53.3 Å². The molecule has 0 radical (unpaired) electrons. The molecule has 2 aromatic carbocycles. The van der Waals surface area contributed by atoms with Crippen LogP contribution in [0, 0.1) is 41.4 Å². The number of ketones is 2. The highest BCUT2D eigenvalue weighted by atomic mass is 32.2. The molecule has 11 atom stereocenters. The number of nitrogens with zero attached hydrogens (tertiary/aromatic N) is 4. The van der Waals surface area contributed by atoms with Crippen molar-refractivity contribution in [2.24, 2.45) is 47.2 Å². The van der Waals surface area contributed by atoms with Crippen LogP contribution < -0.4 is 31.7 Å². The fourth-order valence-corrected chi connectivity index (χ4v) is 14.7. The van der Waals surface area contributed by atoms with Crippen LogP contribution >= 0.6 is 0 Å². The van der Waals surface area contributed by atoms with Crippen molar-refractivity contribution in [3.8, 4) is 0 Å². The number of sulfonamides is 1. The highest BCUT2D eigenvalue weighted by Gasteiger charge is 2.45. The number of carbonyl (C=O) groups is 12. The molecule has 11 amide bonds. The van der Waals surface area contributed by atoms with Gasteiger partial charge in [0.1, 0.15) is 12.6 Å². The first kappa shape index (κ1) is 83.6. The number of ether oxygens (including phenoxy) is 3. The van der Waals surface area contributed by atoms with Gasteiger partial charge in [0.05, 0.1) is 54.0 Å². The normalized spacial score (nSPS) is 17.6. The number of rotatable bonds is 43. The monoisotopic (exact) mass is 1430 g/mol. The number of imide groups is 1. The first-order chi connectivity index (χ1) is 47.7. The van der Waals surface area contributed by atoms with E-state index in [4.69, 9.17) is 19.9 Å². The average Bonchev–Trinajstić information content (AvgIpc) is 1.79. The van der Waals surface area contributed by atoms with Gasteiger partial charge in [-0.05, 0) is 98.3 Å². The zero-order valence-electron chi connectivity index (χ0n) is 61.2. The minimum atomic E-state index is -3.93. The first-order valence-electron chi connectivity index (χ1n) is 35.5. The number of likely N-dealkylation sites (N-methyl/N-ethyl adjacent to an activating group) is 2. The largest absolute Gasteiger partial charge is 0.445 e. The molecule has 2 aliphatic heterocycles. The van der Waals surface area contributed by atoms with Gasteiger partial charge < -0.3 is 55.9 Å². The Morgan fingerprint density at radius 1 is 0.703 bits per heavy atom. The number of anilines is 1. The zero-order chi connectivity index (χ0) is 75.0. The lowest BCUT2D eigenvalue weighted by atomic mass is 9.83. The summed E-state index contributed by atoms with van der Waals surface area (Å²) in [6, 6.07) is 10.3. The number of nitrogens with two attached hydrogens (primary N) is 1. The minimum absolute atomic E-state index is 0.0213. The summed E-state index contributed by atoms with van der Waals surface area (Å²) in [5.74, 6) is -8.28. The number of carbonyl (C=O) groups excluding carboxylic acids is 12. The van der Waals surface area contributed by atoms with Gasteiger partial charge in [-0.2, -0.15) is 0 Å². The molecule has 1 aliphatic carbocycles. The zero-order valence-corrected chi connectivity index (χ0v) is 62.0. The van der Waals surface area contributed by atoms with Gasteiger partial charge >= 0.3 is 12.1 Å². The molecule has 0 unspecified atom stereocenters. The number of benzene rings is 2. The third-order valence-corrected chi connectivity index (χ3v) is 21.4. The van der Waals surface area contributed by atoms with Gasteiger partial charge in [0.2, 0.25) is 39.6 Å². The standard InChI is InChI=1S/C73H110N10O17S/c1-14-47(8)66(59(98-12)42-63(89)82-38-22-26-56(82)67(99-13)48(9)68(90)77-55(39-49-23-17-15-18-24-49)70(92)79-101(96,97)53-32-33-53)80(10)71(93)54(44(2)3)41-58(85)65(46(6)7)81(11)73(95)100-43-50-28-30-52(31-29-50)76-69(91)51(25-21-36-75-72(74)94)40-57(84)64(45(4)5)78-60(86)27-19-16-20-37-83-61(87)34-35-62(83)88/h15,17-18,23-24,28-31,34-35,44-48,51,53-56,59,64-67H,14,16,19-22,25-27,32-33,36-43H2,1-13H3,(H,76,91)(H,77,90)(H,78,86)(H,79,92)(H3,74,75,94)/t47-,48+,51+,54-,55-,56-,59+,64-,65-,66-,67+/m0/s1. The lowest BCUT2D eigenvalue weighted by Crippen LogP contribution is -2.55. The third-order valence-electron chi connectivity index (χ3n) is 19.5. The van der Waals surface area contributed by atoms with Crippen LogP contribution in [-0.4, -0.2) is 195 Å². The summed E-state index contributed by atoms with van der Waals surface area (Å²) < 4.78 is 45.7. The molecule has 2 fully saturated rings. The van der Waals surface area contributed by atoms with E-state index >= 15 is 0 Å². The molecule has 5 rings (SSSR count). The van der Waals surface area contributed by atoms with Crippen LogP contribution in [0.15, 0.2) is 66.7 Å². The molecule has 0 bridgehead atoms. The maximum atomic E-state index is 15.0. The van der Waals surface area contributed by atoms with E-state index < -0.39 is 111 Å². The minimum Gasteiger partial charge on any atom is -0.445 e. The van der Waals surface area contributed by atoms with Gasteiger partial charge in [-0.15, -0.1) is 0 Å². The summed E-state index contributed by atoms with van der Waals surface area (Å²) in [7, 11) is 2.11. The van der Waals surface area contributed by atoms with Crippen molar-refractivity contribution in [1.29, 1.82) is 0 Å². The Hall–Kier alpha value is -8.11. The van der Waals surface area contributed by atoms with E-state index in [2.05, 4.69) is 26.0 Å². The number of primary amides is 1. The number of urea groups is 1. The molecule has 2 heterocycles. The number of methoxy groups -OCH3 is 2. The Kier molecular flexibility index (Phi) is 33.0. The van der Waals surface area contributed by atoms with Crippen molar-refractivity contribution in [3.63, 3.8) is 0 Å². The number of unbranched alkanes of at least 4 members (excludes halogenated alkanes) is 2. The SMILES string of the molecule is CC[C@H](C)[C@@H]([C@@H](CC(=O)N1CCC[C@H]1[C@H](OC)[C@@H](C)C(=O)N[C@@H](Cc1ccccc1)C(=O)NS(=O)(=O)C1CC1)OC)N(C)C(=O)[C@@H](CC(=O)[C@H](C(C)C)N(C)C(=O)OCc1ccc(NC(=O)[C@H](CCCNC(N)=O)CC(=O)[C@@H](NC(=O)CCCCCN2C(=O)C=CC2=O)C(C)C)cc1)C(C)C. The fraction of sp³-hybridized carbons (Fsp3) is 0.644. The summed E-state index contributed by atoms with van der Waals surface area (Å²) in [4.78, 5) is 167. The van der Waals surface area contributed by atoms with Crippen molar-refractivity contribution in [2.45, 2.75) is 213 Å². The van der Waals surface area contributed by atoms with E-state index in [1.165, 1.54) is 38.3 Å². The quantitative estimate of drug-likeness (QED) is 0.0311. The predicted molar refractivity (Wildman–Crippen MR) is 379 cm³/mol. The van der Waals surface area contributed by atoms with E-state index in [-0.39, 0.29) is 117 Å². The predicted octanol–water partition coefficient (Wildman–Crippen LogP) is 6.36. The van der Waals surface area contributed by atoms with Crippen molar-refractivity contribution < 1.29 is 80.2 Å². The number of hydrogen-bond donors (Lipinski definition) is 6. The number of amides is 11. The molecule has 27 nitrogen and oxygen atoms in total. The highest BCUT2D eigenvalue weighted by Crippen LogP contribution is 2.33. The van der Waals surface area contributed by atoms with E-state index in [1.54, 1.807) is 106 Å². The molecule has 1 saturated carbocycles. The van der Waals surface area contributed by atoms with Crippen molar-refractivity contribution in [1.82, 2.24) is 40.3 Å². The molecular formula is C73H110N10O17S. The van der Waals surface area contributed by atoms with E-state index in [0.29, 0.717) is 81.1 Å². The van der Waals surface area contributed by atoms with Crippen LogP contribution in [0.25, 0.3) is 0 Å². The molecule has 101 heavy (non-hydrogen) atoms. The number of Topliss-reactive ketones (excluding diaryl/α,β-unsaturated/α-hetero) is 2. The lowest BCUT2D eigenvalue weighted by molar-refractivity contribution is -0.149. The third kappa shape index (κ3) is 24.8. The Labute approximate surface area is 595 Å². The van der Waals surface area contributed by atoms with E-state index in [1.807, 2.05) is 27.7 Å². The van der Waals surface area contributed by atoms with Crippen LogP contribution in [0.1, 0.15) is 163 Å². The lowest BCUT2D eigenvalue weighted by Gasteiger charge is -2.41. The Morgan fingerprint density at radius 2 is 1.36 bits per heavy atom. The first-order valence-corrected chi connectivity index (χ1v) is 37.0. The molecule has 1 saturated heterocycles. The summed E-state index contributed by atoms with van der Waals surface area (Å²) in [6.45, 7) is 16.9. The summed E-state index contributed by atoms with van der Waals surface area (Å²) >= 11 is 0. The van der Waals surface area contributed by atoms with Gasteiger partial charge in [-0.1, -0.05) is 118 Å². The van der Waals surface area contributed by atoms with Crippen molar-refractivity contribution in [3.05, 3.63) is 77.9 Å². The van der Waals surface area contributed by atoms with Gasteiger partial charge in [0.15, 0.2) is 11.6 Å². The fourth-order valence-electron chi connectivity index (χ4n) is 13.4. The molecule has 7 N–H and O–H groups in total.